The molecule has 1 aromatic carbocycles. The van der Waals surface area contributed by atoms with Gasteiger partial charge in [0.2, 0.25) is 0 Å². The average molecular weight is 450 g/mol. The van der Waals surface area contributed by atoms with Crippen molar-refractivity contribution in [1.82, 2.24) is 14.7 Å². The fraction of sp³-hybridized carbons (Fsp3) is 0.444. The third-order valence-electron chi connectivity index (χ3n) is 6.21. The van der Waals surface area contributed by atoms with E-state index in [9.17, 15) is 0 Å². The summed E-state index contributed by atoms with van der Waals surface area (Å²) in [5, 5.41) is 6.08. The Kier molecular flexibility index (Phi) is 6.14. The van der Waals surface area contributed by atoms with Crippen LogP contribution in [0, 0.1) is 5.41 Å². The maximum atomic E-state index is 6.18. The van der Waals surface area contributed by atoms with E-state index in [4.69, 9.17) is 19.3 Å². The fourth-order valence-corrected chi connectivity index (χ4v) is 4.61. The molecule has 0 bridgehead atoms. The fourth-order valence-electron chi connectivity index (χ4n) is 4.61. The molecule has 176 valence electrons. The summed E-state index contributed by atoms with van der Waals surface area (Å²) in [5.74, 6) is 1.42. The summed E-state index contributed by atoms with van der Waals surface area (Å²) < 4.78 is 19.3. The predicted octanol–water partition coefficient (Wildman–Crippen LogP) is 5.53. The molecule has 0 saturated carbocycles. The van der Waals surface area contributed by atoms with Crippen LogP contribution in [0.4, 0.5) is 0 Å². The lowest BCUT2D eigenvalue weighted by Gasteiger charge is -2.46. The molecular weight excluding hydrogens is 414 g/mol. The highest BCUT2D eigenvalue weighted by molar-refractivity contribution is 5.95. The largest absolute Gasteiger partial charge is 0.494 e. The Bertz CT molecular complexity index is 1150. The van der Waals surface area contributed by atoms with Crippen LogP contribution in [0.25, 0.3) is 16.6 Å². The summed E-state index contributed by atoms with van der Waals surface area (Å²) in [4.78, 5) is 2.35. The average Bonchev–Trinajstić information content (AvgIpc) is 3.12. The molecule has 33 heavy (non-hydrogen) atoms. The molecule has 0 saturated heterocycles. The standard InChI is InChI=1S/C27H35N3O3/c1-9-32-19(4)21-14-29-22(13-17(21)2)26-20-11-10-12-23(33-18(3)16-31-8)25(20)28-30(26)15-24(29)27(5,6)7/h10-14,18,24H,2,4,9,15-16H2,1,3,5-8H3. The van der Waals surface area contributed by atoms with Gasteiger partial charge in [-0.15, -0.1) is 0 Å². The first-order chi connectivity index (χ1) is 15.7. The van der Waals surface area contributed by atoms with Gasteiger partial charge in [0.15, 0.2) is 0 Å². The van der Waals surface area contributed by atoms with Gasteiger partial charge in [0, 0.05) is 24.3 Å². The number of rotatable bonds is 7. The Hall–Kier alpha value is -2.99. The van der Waals surface area contributed by atoms with Crippen LogP contribution in [0.1, 0.15) is 40.3 Å². The van der Waals surface area contributed by atoms with E-state index in [0.717, 1.165) is 45.7 Å². The Labute approximate surface area is 196 Å². The van der Waals surface area contributed by atoms with Gasteiger partial charge < -0.3 is 19.1 Å². The van der Waals surface area contributed by atoms with Gasteiger partial charge in [-0.05, 0) is 37.0 Å². The van der Waals surface area contributed by atoms with Gasteiger partial charge in [0.25, 0.3) is 0 Å². The number of fused-ring (bicyclic) bond motifs is 5. The molecule has 2 aromatic rings. The molecule has 6 nitrogen and oxygen atoms in total. The van der Waals surface area contributed by atoms with Gasteiger partial charge in [-0.2, -0.15) is 5.10 Å². The zero-order chi connectivity index (χ0) is 23.9. The Morgan fingerprint density at radius 2 is 2.06 bits per heavy atom. The highest BCUT2D eigenvalue weighted by Crippen LogP contribution is 2.44. The molecule has 2 aliphatic heterocycles. The quantitative estimate of drug-likeness (QED) is 0.521. The van der Waals surface area contributed by atoms with Gasteiger partial charge in [-0.3, -0.25) is 4.68 Å². The molecule has 4 rings (SSSR count). The van der Waals surface area contributed by atoms with Gasteiger partial charge in [-0.25, -0.2) is 0 Å². The minimum Gasteiger partial charge on any atom is -0.494 e. The molecule has 0 amide bonds. The SMILES string of the molecule is C=C1C=C2c3c4cccc(OC(C)COC)c4nn3CC(C(C)(C)C)N2C=C1C(=C)OCC. The van der Waals surface area contributed by atoms with Crippen LogP contribution >= 0.6 is 0 Å². The topological polar surface area (TPSA) is 48.8 Å². The molecule has 0 radical (unpaired) electrons. The smallest absolute Gasteiger partial charge is 0.147 e. The summed E-state index contributed by atoms with van der Waals surface area (Å²) in [6.45, 7) is 21.1. The first-order valence-electron chi connectivity index (χ1n) is 11.5. The number of nitrogens with zero attached hydrogens (tertiary/aromatic N) is 3. The van der Waals surface area contributed by atoms with Gasteiger partial charge in [0.1, 0.15) is 23.1 Å². The minimum absolute atomic E-state index is 0.00839. The summed E-state index contributed by atoms with van der Waals surface area (Å²) in [5.41, 5.74) is 4.86. The van der Waals surface area contributed by atoms with E-state index < -0.39 is 0 Å². The van der Waals surface area contributed by atoms with Crippen molar-refractivity contribution in [2.24, 2.45) is 5.41 Å². The third-order valence-corrected chi connectivity index (χ3v) is 6.21. The maximum absolute atomic E-state index is 6.18. The molecule has 0 spiro atoms. The van der Waals surface area contributed by atoms with Gasteiger partial charge in [0.05, 0.1) is 37.2 Å². The Balaban J connectivity index is 1.85. The number of methoxy groups -OCH3 is 1. The molecule has 2 aliphatic rings. The van der Waals surface area contributed by atoms with Crippen molar-refractivity contribution in [2.75, 3.05) is 20.3 Å². The molecule has 0 N–H and O–H groups in total. The number of hydrogen-bond donors (Lipinski definition) is 0. The van der Waals surface area contributed by atoms with E-state index in [1.165, 1.54) is 0 Å². The number of benzene rings is 1. The van der Waals surface area contributed by atoms with Crippen molar-refractivity contribution < 1.29 is 14.2 Å². The van der Waals surface area contributed by atoms with E-state index in [-0.39, 0.29) is 17.6 Å². The molecule has 3 heterocycles. The minimum atomic E-state index is -0.0677. The lowest BCUT2D eigenvalue weighted by molar-refractivity contribution is 0.0929. The van der Waals surface area contributed by atoms with Crippen LogP contribution < -0.4 is 4.74 Å². The summed E-state index contributed by atoms with van der Waals surface area (Å²) >= 11 is 0. The number of allylic oxidation sites excluding steroid dienone is 2. The highest BCUT2D eigenvalue weighted by Gasteiger charge is 2.40. The second-order valence-electron chi connectivity index (χ2n) is 9.81. The lowest BCUT2D eigenvalue weighted by Crippen LogP contribution is -2.47. The van der Waals surface area contributed by atoms with Gasteiger partial charge >= 0.3 is 0 Å². The number of hydrogen-bond acceptors (Lipinski definition) is 5. The maximum Gasteiger partial charge on any atom is 0.147 e. The molecular formula is C27H35N3O3. The normalized spacial score (nSPS) is 18.9. The molecule has 6 heteroatoms. The van der Waals surface area contributed by atoms with Crippen molar-refractivity contribution in [3.05, 3.63) is 66.2 Å². The van der Waals surface area contributed by atoms with E-state index in [0.29, 0.717) is 19.0 Å². The molecule has 2 atom stereocenters. The first kappa shape index (κ1) is 23.2. The second-order valence-corrected chi connectivity index (χ2v) is 9.81. The lowest BCUT2D eigenvalue weighted by atomic mass is 9.82. The summed E-state index contributed by atoms with van der Waals surface area (Å²) in [7, 11) is 1.68. The van der Waals surface area contributed by atoms with Crippen LogP contribution in [0.3, 0.4) is 0 Å². The van der Waals surface area contributed by atoms with Crippen LogP contribution in [-0.2, 0) is 16.0 Å². The van der Waals surface area contributed by atoms with Crippen molar-refractivity contribution >= 4 is 16.6 Å². The molecule has 2 unspecified atom stereocenters. The van der Waals surface area contributed by atoms with Crippen molar-refractivity contribution in [3.63, 3.8) is 0 Å². The Morgan fingerprint density at radius 1 is 1.30 bits per heavy atom. The zero-order valence-electron chi connectivity index (χ0n) is 20.6. The van der Waals surface area contributed by atoms with Crippen LogP contribution in [0.2, 0.25) is 0 Å². The van der Waals surface area contributed by atoms with Gasteiger partial charge in [-0.1, -0.05) is 46.1 Å². The van der Waals surface area contributed by atoms with E-state index in [1.807, 2.05) is 26.0 Å². The first-order valence-corrected chi connectivity index (χ1v) is 11.5. The highest BCUT2D eigenvalue weighted by atomic mass is 16.5. The van der Waals surface area contributed by atoms with E-state index >= 15 is 0 Å². The van der Waals surface area contributed by atoms with Crippen molar-refractivity contribution in [2.45, 2.75) is 53.3 Å². The molecule has 0 aliphatic carbocycles. The van der Waals surface area contributed by atoms with Crippen molar-refractivity contribution in [1.29, 1.82) is 0 Å². The zero-order valence-corrected chi connectivity index (χ0v) is 20.6. The Morgan fingerprint density at radius 3 is 2.73 bits per heavy atom. The number of ether oxygens (including phenoxy) is 3. The van der Waals surface area contributed by atoms with E-state index in [2.05, 4.69) is 61.9 Å². The van der Waals surface area contributed by atoms with Crippen molar-refractivity contribution in [3.8, 4) is 5.75 Å². The summed E-state index contributed by atoms with van der Waals surface area (Å²) in [6, 6.07) is 6.31. The van der Waals surface area contributed by atoms with E-state index in [1.54, 1.807) is 7.11 Å². The molecule has 0 fully saturated rings. The monoisotopic (exact) mass is 449 g/mol. The summed E-state index contributed by atoms with van der Waals surface area (Å²) in [6.07, 6.45) is 4.21. The van der Waals surface area contributed by atoms with Crippen LogP contribution in [0.15, 0.2) is 60.5 Å². The predicted molar refractivity (Wildman–Crippen MR) is 133 cm³/mol. The van der Waals surface area contributed by atoms with Crippen LogP contribution in [-0.4, -0.2) is 47.1 Å². The third kappa shape index (κ3) is 4.20. The molecule has 1 aromatic heterocycles. The number of aromatic nitrogens is 2. The second kappa shape index (κ2) is 8.75. The van der Waals surface area contributed by atoms with Crippen LogP contribution in [0.5, 0.6) is 5.75 Å².